The first-order chi connectivity index (χ1) is 34.9. The van der Waals surface area contributed by atoms with E-state index in [2.05, 4.69) is 43.7 Å². The average Bonchev–Trinajstić information content (AvgIpc) is 3.37. The van der Waals surface area contributed by atoms with Crippen molar-refractivity contribution < 1.29 is 92.5 Å². The number of unbranched alkanes of at least 4 members (excludes halogenated alkanes) is 15. The predicted molar refractivity (Wildman–Crippen MR) is 244 cm³/mol. The van der Waals surface area contributed by atoms with Gasteiger partial charge in [-0.3, -0.25) is 0 Å². The molecule has 408 valence electrons. The molecule has 0 saturated heterocycles. The summed E-state index contributed by atoms with van der Waals surface area (Å²) in [5.74, 6) is -69.2. The molecule has 0 unspecified atom stereocenters. The SMILES string of the molecule is CCCCCCCCCCCCCCCCCCOc1ccc(C[S+](C)C)cc1.Fc1c(F)c(F)c([B-](c2c(F)c(F)c(F)c(F)c2F)(c2c(F)c(F)c(F)c(F)c2F)c2c(F)c(F)c(F)c(F)c2F)c(F)c1F. The topological polar surface area (TPSA) is 9.23 Å². The Labute approximate surface area is 417 Å². The largest absolute Gasteiger partial charge is 0.494 e. The van der Waals surface area contributed by atoms with Crippen molar-refractivity contribution in [2.24, 2.45) is 0 Å². The van der Waals surface area contributed by atoms with Crippen molar-refractivity contribution in [3.63, 3.8) is 0 Å². The lowest BCUT2D eigenvalue weighted by Crippen LogP contribution is -2.81. The lowest BCUT2D eigenvalue weighted by molar-refractivity contribution is 0.304. The minimum atomic E-state index is -7.22. The Bertz CT molecular complexity index is 2340. The molecule has 5 rings (SSSR count). The molecule has 0 radical (unpaired) electrons. The highest BCUT2D eigenvalue weighted by Gasteiger charge is 2.52. The summed E-state index contributed by atoms with van der Waals surface area (Å²) in [6, 6.07) is 8.70. The minimum Gasteiger partial charge on any atom is -0.494 e. The molecule has 0 spiro atoms. The first-order valence-electron chi connectivity index (χ1n) is 23.4. The Balaban J connectivity index is 0.000000354. The van der Waals surface area contributed by atoms with Crippen LogP contribution in [0, 0.1) is 116 Å². The summed E-state index contributed by atoms with van der Waals surface area (Å²) in [5, 5.41) is 0. The quantitative estimate of drug-likeness (QED) is 0.0149. The third kappa shape index (κ3) is 13.3. The Morgan fingerprint density at radius 2 is 0.527 bits per heavy atom. The van der Waals surface area contributed by atoms with Crippen LogP contribution in [0.5, 0.6) is 5.75 Å². The van der Waals surface area contributed by atoms with Gasteiger partial charge in [0.15, 0.2) is 69.8 Å². The van der Waals surface area contributed by atoms with Crippen molar-refractivity contribution in [3.8, 4) is 5.75 Å². The van der Waals surface area contributed by atoms with E-state index in [0.717, 1.165) is 12.4 Å². The van der Waals surface area contributed by atoms with Gasteiger partial charge in [-0.05, 0) is 29.4 Å². The highest BCUT2D eigenvalue weighted by molar-refractivity contribution is 7.94. The molecule has 74 heavy (non-hydrogen) atoms. The van der Waals surface area contributed by atoms with E-state index >= 15 is 35.1 Å². The van der Waals surface area contributed by atoms with Crippen molar-refractivity contribution >= 4 is 38.9 Å². The number of halogens is 20. The molecule has 0 aliphatic carbocycles. The van der Waals surface area contributed by atoms with Gasteiger partial charge in [0.2, 0.25) is 0 Å². The smallest absolute Gasteiger partial charge is 0.200 e. The normalized spacial score (nSPS) is 11.7. The van der Waals surface area contributed by atoms with Crippen LogP contribution < -0.4 is 26.6 Å². The van der Waals surface area contributed by atoms with Gasteiger partial charge in [0.05, 0.1) is 19.1 Å². The van der Waals surface area contributed by atoms with E-state index < -0.39 is 144 Å². The third-order valence-electron chi connectivity index (χ3n) is 12.4. The molecule has 0 amide bonds. The van der Waals surface area contributed by atoms with Gasteiger partial charge in [-0.15, -0.1) is 21.9 Å². The second-order valence-electron chi connectivity index (χ2n) is 17.7. The number of rotatable bonds is 24. The fraction of sp³-hybridized carbons (Fsp3) is 0.412. The van der Waals surface area contributed by atoms with Gasteiger partial charge >= 0.3 is 0 Å². The Morgan fingerprint density at radius 3 is 0.757 bits per heavy atom. The number of hydrogen-bond acceptors (Lipinski definition) is 1. The maximum Gasteiger partial charge on any atom is 0.200 e. The second-order valence-corrected chi connectivity index (χ2v) is 20.0. The van der Waals surface area contributed by atoms with E-state index in [4.69, 9.17) is 4.74 Å². The number of hydrogen-bond donors (Lipinski definition) is 0. The zero-order valence-corrected chi connectivity index (χ0v) is 40.8. The summed E-state index contributed by atoms with van der Waals surface area (Å²) in [5.41, 5.74) is -12.9. The Hall–Kier alpha value is -5.09. The lowest BCUT2D eigenvalue weighted by Gasteiger charge is -2.44. The van der Waals surface area contributed by atoms with Crippen molar-refractivity contribution in [2.75, 3.05) is 19.1 Å². The van der Waals surface area contributed by atoms with E-state index in [1.165, 1.54) is 114 Å². The molecule has 1 nitrogen and oxygen atoms in total. The lowest BCUT2D eigenvalue weighted by atomic mass is 9.12. The van der Waals surface area contributed by atoms with Crippen molar-refractivity contribution in [1.29, 1.82) is 0 Å². The summed E-state index contributed by atoms with van der Waals surface area (Å²) < 4.78 is 300. The van der Waals surface area contributed by atoms with Gasteiger partial charge in [0.25, 0.3) is 0 Å². The fourth-order valence-electron chi connectivity index (χ4n) is 8.73. The van der Waals surface area contributed by atoms with E-state index in [1.807, 2.05) is 0 Å². The van der Waals surface area contributed by atoms with Gasteiger partial charge in [0, 0.05) is 5.56 Å². The van der Waals surface area contributed by atoms with Gasteiger partial charge in [-0.1, -0.05) is 115 Å². The standard InChI is InChI=1S/C27H49OS.C24BF20/c1-4-5-6-7-8-9-10-11-12-13-14-15-16-17-18-19-24-28-27-22-20-26(21-23-27)25-29(2)3;26-5-1(6(27)14(35)21(42)13(5)34)25(2-7(28)15(36)22(43)16(37)8(2)29,3-9(30)17(38)23(44)18(39)10(3)31)4-11(32)19(40)24(45)20(41)12(4)33/h20-23H,4-19,24-25H2,1-3H3;/q+1;-1. The molecule has 0 N–H and O–H groups in total. The van der Waals surface area contributed by atoms with Crippen molar-refractivity contribution in [3.05, 3.63) is 146 Å². The number of benzene rings is 5. The molecule has 23 heteroatoms. The molecule has 0 fully saturated rings. The first kappa shape index (κ1) is 61.5. The average molecular weight is 1100 g/mol. The summed E-state index contributed by atoms with van der Waals surface area (Å²) >= 11 is 0. The molecule has 5 aromatic rings. The third-order valence-corrected chi connectivity index (χ3v) is 13.3. The van der Waals surface area contributed by atoms with Crippen LogP contribution in [0.2, 0.25) is 0 Å². The highest BCUT2D eigenvalue weighted by Crippen LogP contribution is 2.31. The van der Waals surface area contributed by atoms with E-state index in [0.29, 0.717) is 10.9 Å². The van der Waals surface area contributed by atoms with Crippen molar-refractivity contribution in [2.45, 2.75) is 115 Å². The summed E-state index contributed by atoms with van der Waals surface area (Å²) in [4.78, 5) is 0. The maximum absolute atomic E-state index is 15.4. The Kier molecular flexibility index (Phi) is 22.9. The van der Waals surface area contributed by atoms with E-state index in [-0.39, 0.29) is 0 Å². The zero-order chi connectivity index (χ0) is 55.4. The summed E-state index contributed by atoms with van der Waals surface area (Å²) in [6.45, 7) is 3.16. The summed E-state index contributed by atoms with van der Waals surface area (Å²) in [7, 11) is 0.469. The molecule has 0 heterocycles. The Morgan fingerprint density at radius 1 is 0.311 bits per heavy atom. The first-order valence-corrected chi connectivity index (χ1v) is 25.6. The molecular formula is C51H49BF20OS. The van der Waals surface area contributed by atoms with Crippen LogP contribution in [-0.4, -0.2) is 25.3 Å². The van der Waals surface area contributed by atoms with Gasteiger partial charge in [-0.2, -0.15) is 0 Å². The van der Waals surface area contributed by atoms with Gasteiger partial charge in [0.1, 0.15) is 64.2 Å². The molecule has 0 saturated carbocycles. The van der Waals surface area contributed by atoms with Crippen LogP contribution in [0.1, 0.15) is 115 Å². The van der Waals surface area contributed by atoms with Crippen LogP contribution in [0.4, 0.5) is 87.8 Å². The van der Waals surface area contributed by atoms with Crippen LogP contribution in [0.3, 0.4) is 0 Å². The van der Waals surface area contributed by atoms with Crippen LogP contribution in [0.15, 0.2) is 24.3 Å². The summed E-state index contributed by atoms with van der Waals surface area (Å²) in [6.07, 6.45) is 20.0. The molecular weight excluding hydrogens is 1050 g/mol. The van der Waals surface area contributed by atoms with Crippen LogP contribution in [-0.2, 0) is 16.6 Å². The highest BCUT2D eigenvalue weighted by atomic mass is 32.2. The molecule has 0 aliphatic rings. The van der Waals surface area contributed by atoms with Gasteiger partial charge in [-0.25, -0.2) is 87.8 Å². The zero-order valence-electron chi connectivity index (χ0n) is 40.0. The predicted octanol–water partition coefficient (Wildman–Crippen LogP) is 14.6. The molecule has 0 bridgehead atoms. The molecule has 0 aromatic heterocycles. The van der Waals surface area contributed by atoms with E-state index in [1.54, 1.807) is 0 Å². The molecule has 0 atom stereocenters. The fourth-order valence-corrected chi connectivity index (χ4v) is 9.59. The van der Waals surface area contributed by atoms with Crippen LogP contribution >= 0.6 is 0 Å². The number of ether oxygens (including phenoxy) is 1. The second kappa shape index (κ2) is 27.6. The van der Waals surface area contributed by atoms with Gasteiger partial charge < -0.3 is 4.74 Å². The van der Waals surface area contributed by atoms with Crippen LogP contribution in [0.25, 0.3) is 0 Å². The maximum atomic E-state index is 15.4. The van der Waals surface area contributed by atoms with E-state index in [9.17, 15) is 52.7 Å². The minimum absolute atomic E-state index is 0.469. The van der Waals surface area contributed by atoms with Crippen molar-refractivity contribution in [1.82, 2.24) is 0 Å². The molecule has 0 aliphatic heterocycles. The molecule has 5 aromatic carbocycles. The monoisotopic (exact) mass is 1100 g/mol.